The highest BCUT2D eigenvalue weighted by molar-refractivity contribution is 5.79. The minimum atomic E-state index is -4.22. The first-order chi connectivity index (χ1) is 9.27. The molecule has 0 saturated heterocycles. The van der Waals surface area contributed by atoms with Crippen molar-refractivity contribution < 1.29 is 27.8 Å². The van der Waals surface area contributed by atoms with Crippen molar-refractivity contribution in [2.24, 2.45) is 5.73 Å². The van der Waals surface area contributed by atoms with Crippen molar-refractivity contribution in [3.8, 4) is 11.8 Å². The van der Waals surface area contributed by atoms with Crippen LogP contribution in [-0.4, -0.2) is 23.6 Å². The largest absolute Gasteiger partial charge is 0.505 e. The number of carbonyl (C=O) groups excluding carboxylic acids is 1. The fourth-order valence-corrected chi connectivity index (χ4v) is 1.53. The van der Waals surface area contributed by atoms with E-state index in [1.807, 2.05) is 0 Å². The van der Waals surface area contributed by atoms with Crippen molar-refractivity contribution in [1.29, 1.82) is 5.26 Å². The summed E-state index contributed by atoms with van der Waals surface area (Å²) in [5.74, 6) is -8.55. The molecule has 1 rings (SSSR count). The molecule has 3 N–H and O–H groups in total. The van der Waals surface area contributed by atoms with E-state index in [1.54, 1.807) is 0 Å². The zero-order chi connectivity index (χ0) is 15.5. The first-order valence-corrected chi connectivity index (χ1v) is 5.49. The topological polar surface area (TPSA) is 96.3 Å². The van der Waals surface area contributed by atoms with Gasteiger partial charge in [-0.15, -0.1) is 0 Å². The van der Waals surface area contributed by atoms with Crippen molar-refractivity contribution in [1.82, 2.24) is 0 Å². The van der Waals surface area contributed by atoms with Crippen molar-refractivity contribution in [2.75, 3.05) is 6.61 Å². The zero-order valence-electron chi connectivity index (χ0n) is 10.4. The SMILES string of the molecule is CCOC(=O)C(F)(F)[C@@H](N)c1c(C#N)ccc(F)c1O. The Labute approximate surface area is 112 Å². The number of phenolic OH excluding ortho intramolecular Hbond substituents is 1. The quantitative estimate of drug-likeness (QED) is 0.820. The number of hydrogen-bond acceptors (Lipinski definition) is 5. The number of ether oxygens (including phenoxy) is 1. The molecule has 0 fully saturated rings. The number of nitriles is 1. The first kappa shape index (κ1) is 15.8. The van der Waals surface area contributed by atoms with Crippen molar-refractivity contribution in [2.45, 2.75) is 18.9 Å². The number of aromatic hydroxyl groups is 1. The number of carbonyl (C=O) groups is 1. The maximum absolute atomic E-state index is 13.8. The zero-order valence-corrected chi connectivity index (χ0v) is 10.4. The lowest BCUT2D eigenvalue weighted by atomic mass is 9.95. The van der Waals surface area contributed by atoms with Crippen LogP contribution in [0.1, 0.15) is 24.1 Å². The van der Waals surface area contributed by atoms with Gasteiger partial charge in [-0.25, -0.2) is 9.18 Å². The molecule has 0 bridgehead atoms. The van der Waals surface area contributed by atoms with Crippen LogP contribution in [0.5, 0.6) is 5.75 Å². The third kappa shape index (κ3) is 2.67. The average Bonchev–Trinajstić information content (AvgIpc) is 2.41. The maximum atomic E-state index is 13.8. The number of halogens is 3. The third-order valence-electron chi connectivity index (χ3n) is 2.54. The van der Waals surface area contributed by atoms with Gasteiger partial charge in [-0.2, -0.15) is 14.0 Å². The normalized spacial score (nSPS) is 12.6. The Kier molecular flexibility index (Phi) is 4.57. The molecule has 0 unspecified atom stereocenters. The summed E-state index contributed by atoms with van der Waals surface area (Å²) in [7, 11) is 0. The highest BCUT2D eigenvalue weighted by Crippen LogP contribution is 2.38. The predicted molar refractivity (Wildman–Crippen MR) is 61.3 cm³/mol. The van der Waals surface area contributed by atoms with Gasteiger partial charge in [0.2, 0.25) is 0 Å². The molecule has 0 radical (unpaired) electrons. The Bertz CT molecular complexity index is 570. The number of benzene rings is 1. The second kappa shape index (κ2) is 5.79. The van der Waals surface area contributed by atoms with Gasteiger partial charge in [-0.3, -0.25) is 0 Å². The van der Waals surface area contributed by atoms with Gasteiger partial charge in [0.25, 0.3) is 0 Å². The molecule has 0 spiro atoms. The maximum Gasteiger partial charge on any atom is 0.379 e. The minimum Gasteiger partial charge on any atom is -0.505 e. The van der Waals surface area contributed by atoms with E-state index in [4.69, 9.17) is 11.0 Å². The Hall–Kier alpha value is -2.27. The van der Waals surface area contributed by atoms with E-state index in [1.165, 1.54) is 13.0 Å². The van der Waals surface area contributed by atoms with Crippen LogP contribution in [0.25, 0.3) is 0 Å². The summed E-state index contributed by atoms with van der Waals surface area (Å²) in [6.07, 6.45) is 0. The summed E-state index contributed by atoms with van der Waals surface area (Å²) in [6, 6.07) is 0.694. The van der Waals surface area contributed by atoms with E-state index >= 15 is 0 Å². The number of rotatable bonds is 4. The molecule has 0 aliphatic carbocycles. The van der Waals surface area contributed by atoms with E-state index < -0.39 is 40.6 Å². The third-order valence-corrected chi connectivity index (χ3v) is 2.54. The lowest BCUT2D eigenvalue weighted by Crippen LogP contribution is -2.42. The molecule has 20 heavy (non-hydrogen) atoms. The molecule has 0 saturated carbocycles. The highest BCUT2D eigenvalue weighted by atomic mass is 19.3. The lowest BCUT2D eigenvalue weighted by molar-refractivity contribution is -0.174. The van der Waals surface area contributed by atoms with E-state index in [0.29, 0.717) is 0 Å². The summed E-state index contributed by atoms with van der Waals surface area (Å²) >= 11 is 0. The Balaban J connectivity index is 3.34. The van der Waals surface area contributed by atoms with Crippen LogP contribution in [0.4, 0.5) is 13.2 Å². The number of phenols is 1. The van der Waals surface area contributed by atoms with E-state index in [9.17, 15) is 23.1 Å². The van der Waals surface area contributed by atoms with Crippen LogP contribution in [0.3, 0.4) is 0 Å². The fraction of sp³-hybridized carbons (Fsp3) is 0.333. The summed E-state index contributed by atoms with van der Waals surface area (Å²) < 4.78 is 44.9. The van der Waals surface area contributed by atoms with Gasteiger partial charge < -0.3 is 15.6 Å². The lowest BCUT2D eigenvalue weighted by Gasteiger charge is -2.23. The Morgan fingerprint density at radius 3 is 2.70 bits per heavy atom. The van der Waals surface area contributed by atoms with Crippen LogP contribution in [0.2, 0.25) is 0 Å². The molecule has 1 aromatic carbocycles. The summed E-state index contributed by atoms with van der Waals surface area (Å²) in [5.41, 5.74) is 3.92. The summed E-state index contributed by atoms with van der Waals surface area (Å²) in [4.78, 5) is 11.2. The molecular formula is C12H11F3N2O3. The molecule has 0 aliphatic rings. The van der Waals surface area contributed by atoms with Gasteiger partial charge in [0.1, 0.15) is 6.04 Å². The summed E-state index contributed by atoms with van der Waals surface area (Å²) in [6.45, 7) is 1.02. The second-order valence-corrected chi connectivity index (χ2v) is 3.79. The van der Waals surface area contributed by atoms with Crippen LogP contribution < -0.4 is 5.73 Å². The van der Waals surface area contributed by atoms with Gasteiger partial charge >= 0.3 is 11.9 Å². The van der Waals surface area contributed by atoms with E-state index in [-0.39, 0.29) is 6.61 Å². The number of alkyl halides is 2. The Morgan fingerprint density at radius 2 is 2.20 bits per heavy atom. The number of hydrogen-bond donors (Lipinski definition) is 2. The average molecular weight is 288 g/mol. The molecule has 108 valence electrons. The molecule has 1 atom stereocenters. The highest BCUT2D eigenvalue weighted by Gasteiger charge is 2.49. The molecule has 1 aromatic rings. The van der Waals surface area contributed by atoms with Crippen molar-refractivity contribution in [3.63, 3.8) is 0 Å². The molecule has 0 amide bonds. The van der Waals surface area contributed by atoms with Crippen LogP contribution in [0.15, 0.2) is 12.1 Å². The smallest absolute Gasteiger partial charge is 0.379 e. The number of esters is 1. The summed E-state index contributed by atoms with van der Waals surface area (Å²) in [5, 5.41) is 18.3. The Morgan fingerprint density at radius 1 is 1.60 bits per heavy atom. The van der Waals surface area contributed by atoms with Gasteiger partial charge in [0.05, 0.1) is 18.2 Å². The fourth-order valence-electron chi connectivity index (χ4n) is 1.53. The van der Waals surface area contributed by atoms with Gasteiger partial charge in [-0.05, 0) is 19.1 Å². The van der Waals surface area contributed by atoms with Gasteiger partial charge in [0.15, 0.2) is 11.6 Å². The van der Waals surface area contributed by atoms with E-state index in [0.717, 1.165) is 12.1 Å². The van der Waals surface area contributed by atoms with Gasteiger partial charge in [0, 0.05) is 5.56 Å². The molecule has 0 heterocycles. The first-order valence-electron chi connectivity index (χ1n) is 5.49. The predicted octanol–water partition coefficient (Wildman–Crippen LogP) is 1.60. The number of nitrogens with zero attached hydrogens (tertiary/aromatic N) is 1. The molecule has 8 heteroatoms. The second-order valence-electron chi connectivity index (χ2n) is 3.79. The van der Waals surface area contributed by atoms with Crippen molar-refractivity contribution >= 4 is 5.97 Å². The van der Waals surface area contributed by atoms with Crippen molar-refractivity contribution in [3.05, 3.63) is 29.1 Å². The molecule has 0 aliphatic heterocycles. The van der Waals surface area contributed by atoms with E-state index in [2.05, 4.69) is 4.74 Å². The number of nitrogens with two attached hydrogens (primary N) is 1. The standard InChI is InChI=1S/C12H11F3N2O3/c1-2-20-11(19)12(14,15)10(17)8-6(5-16)3-4-7(13)9(8)18/h3-4,10,18H,2,17H2,1H3/t10-/m0/s1. The minimum absolute atomic E-state index is 0.304. The van der Waals surface area contributed by atoms with Crippen LogP contribution >= 0.6 is 0 Å². The molecule has 5 nitrogen and oxygen atoms in total. The van der Waals surface area contributed by atoms with Crippen LogP contribution in [0, 0.1) is 17.1 Å². The molecular weight excluding hydrogens is 277 g/mol. The molecule has 0 aromatic heterocycles. The van der Waals surface area contributed by atoms with Gasteiger partial charge in [-0.1, -0.05) is 0 Å². The van der Waals surface area contributed by atoms with Crippen LogP contribution in [-0.2, 0) is 9.53 Å². The monoisotopic (exact) mass is 288 g/mol.